The molecule has 2 heterocycles. The summed E-state index contributed by atoms with van der Waals surface area (Å²) in [5.41, 5.74) is 13.4. The van der Waals surface area contributed by atoms with Gasteiger partial charge in [-0.1, -0.05) is 170 Å². The highest BCUT2D eigenvalue weighted by Crippen LogP contribution is 2.57. The topological polar surface area (TPSA) is 3.24 Å². The largest absolute Gasteiger partial charge is 0.309 e. The Morgan fingerprint density at radius 2 is 0.931 bits per heavy atom. The molecular formula is C55H35NS2. The number of anilines is 3. The van der Waals surface area contributed by atoms with Gasteiger partial charge in [0.2, 0.25) is 0 Å². The Bertz CT molecular complexity index is 3310. The smallest absolute Gasteiger partial charge is 0.0714 e. The van der Waals surface area contributed by atoms with E-state index in [1.807, 2.05) is 22.7 Å². The molecule has 272 valence electrons. The highest BCUT2D eigenvalue weighted by atomic mass is 32.1. The van der Waals surface area contributed by atoms with Crippen molar-refractivity contribution in [2.75, 3.05) is 4.90 Å². The first-order valence-corrected chi connectivity index (χ1v) is 21.5. The van der Waals surface area contributed by atoms with Crippen molar-refractivity contribution in [2.45, 2.75) is 5.41 Å². The average Bonchev–Trinajstić information content (AvgIpc) is 3.95. The van der Waals surface area contributed by atoms with Crippen molar-refractivity contribution in [1.82, 2.24) is 0 Å². The second-order valence-electron chi connectivity index (χ2n) is 15.2. The molecule has 0 N–H and O–H groups in total. The van der Waals surface area contributed by atoms with Crippen molar-refractivity contribution in [3.8, 4) is 22.3 Å². The summed E-state index contributed by atoms with van der Waals surface area (Å²) in [5, 5.41) is 5.18. The first kappa shape index (κ1) is 33.4. The van der Waals surface area contributed by atoms with E-state index >= 15 is 0 Å². The molecule has 3 heteroatoms. The molecule has 1 aliphatic carbocycles. The maximum atomic E-state index is 2.48. The van der Waals surface area contributed by atoms with Crippen LogP contribution in [0.4, 0.5) is 17.1 Å². The SMILES string of the molecule is c1ccc(-c2cccc(N(c3ccc4c(c3)sc3cc(C5(c6ccccc6)c6ccccc6-c6ccccc65)ccc34)c3cccc4c3sc3ccccc34)c2)cc1. The van der Waals surface area contributed by atoms with Crippen LogP contribution in [0.2, 0.25) is 0 Å². The van der Waals surface area contributed by atoms with Gasteiger partial charge < -0.3 is 4.90 Å². The summed E-state index contributed by atoms with van der Waals surface area (Å²) >= 11 is 3.77. The molecule has 0 saturated carbocycles. The molecule has 2 aromatic heterocycles. The minimum atomic E-state index is -0.423. The number of fused-ring (bicyclic) bond motifs is 9. The zero-order chi connectivity index (χ0) is 38.2. The van der Waals surface area contributed by atoms with Crippen LogP contribution >= 0.6 is 22.7 Å². The van der Waals surface area contributed by atoms with Crippen LogP contribution in [0.25, 0.3) is 62.6 Å². The first-order valence-electron chi connectivity index (χ1n) is 19.8. The summed E-state index contributed by atoms with van der Waals surface area (Å²) < 4.78 is 5.17. The van der Waals surface area contributed by atoms with Crippen LogP contribution in [-0.2, 0) is 5.41 Å². The lowest BCUT2D eigenvalue weighted by Gasteiger charge is -2.33. The Balaban J connectivity index is 1.06. The number of nitrogens with zero attached hydrogens (tertiary/aromatic N) is 1. The van der Waals surface area contributed by atoms with Crippen LogP contribution in [0, 0.1) is 0 Å². The zero-order valence-electron chi connectivity index (χ0n) is 31.5. The highest BCUT2D eigenvalue weighted by Gasteiger charge is 2.46. The molecule has 58 heavy (non-hydrogen) atoms. The Labute approximate surface area is 345 Å². The predicted octanol–water partition coefficient (Wildman–Crippen LogP) is 15.9. The monoisotopic (exact) mass is 773 g/mol. The molecule has 0 unspecified atom stereocenters. The minimum absolute atomic E-state index is 0.423. The first-order chi connectivity index (χ1) is 28.8. The van der Waals surface area contributed by atoms with E-state index in [2.05, 4.69) is 217 Å². The fourth-order valence-corrected chi connectivity index (χ4v) is 12.0. The van der Waals surface area contributed by atoms with E-state index < -0.39 is 5.41 Å². The predicted molar refractivity (Wildman–Crippen MR) is 250 cm³/mol. The summed E-state index contributed by atoms with van der Waals surface area (Å²) in [6.07, 6.45) is 0. The van der Waals surface area contributed by atoms with Crippen LogP contribution in [0.1, 0.15) is 22.3 Å². The number of hydrogen-bond donors (Lipinski definition) is 0. The molecule has 0 saturated heterocycles. The van der Waals surface area contributed by atoms with Crippen LogP contribution < -0.4 is 4.90 Å². The van der Waals surface area contributed by atoms with Crippen molar-refractivity contribution in [3.63, 3.8) is 0 Å². The van der Waals surface area contributed by atoms with Crippen LogP contribution in [-0.4, -0.2) is 0 Å². The van der Waals surface area contributed by atoms with Crippen LogP contribution in [0.5, 0.6) is 0 Å². The third kappa shape index (κ3) is 4.94. The molecule has 12 rings (SSSR count). The number of rotatable bonds is 6. The van der Waals surface area contributed by atoms with Gasteiger partial charge in [-0.05, 0) is 87.0 Å². The molecular weight excluding hydrogens is 739 g/mol. The third-order valence-corrected chi connectivity index (χ3v) is 14.5. The lowest BCUT2D eigenvalue weighted by atomic mass is 9.67. The lowest BCUT2D eigenvalue weighted by Crippen LogP contribution is -2.28. The van der Waals surface area contributed by atoms with Gasteiger partial charge in [-0.3, -0.25) is 0 Å². The molecule has 9 aromatic carbocycles. The van der Waals surface area contributed by atoms with Gasteiger partial charge in [-0.15, -0.1) is 22.7 Å². The fourth-order valence-electron chi connectivity index (χ4n) is 9.64. The van der Waals surface area contributed by atoms with E-state index in [1.165, 1.54) is 90.5 Å². The second kappa shape index (κ2) is 13.1. The lowest BCUT2D eigenvalue weighted by molar-refractivity contribution is 0.770. The maximum absolute atomic E-state index is 2.48. The van der Waals surface area contributed by atoms with Crippen molar-refractivity contribution < 1.29 is 0 Å². The van der Waals surface area contributed by atoms with Crippen molar-refractivity contribution in [1.29, 1.82) is 0 Å². The standard InChI is InChI=1S/C55H35NS2/c1-3-15-36(16-4-1)37-17-13-20-40(33-37)56(50-27-14-24-47-44-23-9-12-28-51(44)58-54(47)50)41-30-32-46-45-31-29-39(34-52(45)57-53(46)35-41)55(38-18-5-2-6-19-38)48-25-10-7-21-42(48)43-22-8-11-26-49(43)55/h1-35H. The quantitative estimate of drug-likeness (QED) is 0.163. The van der Waals surface area contributed by atoms with E-state index in [0.717, 1.165) is 11.4 Å². The van der Waals surface area contributed by atoms with Crippen LogP contribution in [0.3, 0.4) is 0 Å². The Morgan fingerprint density at radius 3 is 1.72 bits per heavy atom. The molecule has 0 amide bonds. The van der Waals surface area contributed by atoms with Crippen molar-refractivity contribution >= 4 is 80.1 Å². The Morgan fingerprint density at radius 1 is 0.345 bits per heavy atom. The van der Waals surface area contributed by atoms with E-state index in [9.17, 15) is 0 Å². The average molecular weight is 774 g/mol. The van der Waals surface area contributed by atoms with Gasteiger partial charge in [0, 0.05) is 47.0 Å². The van der Waals surface area contributed by atoms with E-state index in [0.29, 0.717) is 0 Å². The summed E-state index contributed by atoms with van der Waals surface area (Å²) in [7, 11) is 0. The Kier molecular flexibility index (Phi) is 7.56. The molecule has 0 atom stereocenters. The zero-order valence-corrected chi connectivity index (χ0v) is 33.1. The van der Waals surface area contributed by atoms with Gasteiger partial charge in [0.25, 0.3) is 0 Å². The van der Waals surface area contributed by atoms with E-state index in [1.54, 1.807) is 0 Å². The number of thiophene rings is 2. The molecule has 0 aliphatic heterocycles. The summed E-state index contributed by atoms with van der Waals surface area (Å²) in [6.45, 7) is 0. The third-order valence-electron chi connectivity index (χ3n) is 12.1. The van der Waals surface area contributed by atoms with Gasteiger partial charge in [0.05, 0.1) is 15.8 Å². The minimum Gasteiger partial charge on any atom is -0.309 e. The number of hydrogen-bond acceptors (Lipinski definition) is 3. The van der Waals surface area contributed by atoms with Gasteiger partial charge >= 0.3 is 0 Å². The van der Waals surface area contributed by atoms with Crippen LogP contribution in [0.15, 0.2) is 212 Å². The molecule has 0 bridgehead atoms. The molecule has 11 aromatic rings. The second-order valence-corrected chi connectivity index (χ2v) is 17.3. The van der Waals surface area contributed by atoms with Crippen molar-refractivity contribution in [3.05, 3.63) is 235 Å². The van der Waals surface area contributed by atoms with Crippen molar-refractivity contribution in [2.24, 2.45) is 0 Å². The summed E-state index contributed by atoms with van der Waals surface area (Å²) in [5.74, 6) is 0. The molecule has 0 fully saturated rings. The van der Waals surface area contributed by atoms with E-state index in [4.69, 9.17) is 0 Å². The van der Waals surface area contributed by atoms with E-state index in [-0.39, 0.29) is 0 Å². The van der Waals surface area contributed by atoms with Gasteiger partial charge in [0.1, 0.15) is 0 Å². The normalized spacial score (nSPS) is 13.0. The summed E-state index contributed by atoms with van der Waals surface area (Å²) in [6, 6.07) is 78.6. The fraction of sp³-hybridized carbons (Fsp3) is 0.0182. The highest BCUT2D eigenvalue weighted by molar-refractivity contribution is 7.26. The molecule has 1 aliphatic rings. The number of benzene rings is 9. The summed E-state index contributed by atoms with van der Waals surface area (Å²) in [4.78, 5) is 2.47. The maximum Gasteiger partial charge on any atom is 0.0714 e. The Hall–Kier alpha value is -6.78. The van der Waals surface area contributed by atoms with Gasteiger partial charge in [0.15, 0.2) is 0 Å². The molecule has 0 spiro atoms. The molecule has 0 radical (unpaired) electrons. The molecule has 1 nitrogen and oxygen atoms in total. The van der Waals surface area contributed by atoms with Gasteiger partial charge in [-0.2, -0.15) is 0 Å². The van der Waals surface area contributed by atoms with Gasteiger partial charge in [-0.25, -0.2) is 0 Å².